The molecule has 30 nitrogen and oxygen atoms in total. The van der Waals surface area contributed by atoms with Crippen molar-refractivity contribution < 1.29 is 70.7 Å². The van der Waals surface area contributed by atoms with Gasteiger partial charge in [-0.3, -0.25) is 19.4 Å². The first-order valence-corrected chi connectivity index (χ1v) is 37.2. The van der Waals surface area contributed by atoms with Gasteiger partial charge in [0.1, 0.15) is 50.3 Å². The Balaban J connectivity index is 0.000000138. The van der Waals surface area contributed by atoms with E-state index in [1.807, 2.05) is 10.6 Å². The first-order chi connectivity index (χ1) is 48.7. The van der Waals surface area contributed by atoms with Crippen molar-refractivity contribution in [1.82, 2.24) is 58.5 Å². The molecule has 3 amide bonds. The number of halogens is 6. The summed E-state index contributed by atoms with van der Waals surface area (Å²) in [6.07, 6.45) is 6.91. The maximum Gasteiger partial charge on any atom is 0.416 e. The predicted octanol–water partition coefficient (Wildman–Crippen LogP) is 8.04. The summed E-state index contributed by atoms with van der Waals surface area (Å²) in [5.74, 6) is 10.1. The maximum absolute atomic E-state index is 14.3. The van der Waals surface area contributed by atoms with Gasteiger partial charge in [-0.25, -0.2) is 85.5 Å². The number of hydrazine groups is 2. The van der Waals surface area contributed by atoms with E-state index in [2.05, 4.69) is 45.9 Å². The highest BCUT2D eigenvalue weighted by Gasteiger charge is 2.59. The van der Waals surface area contributed by atoms with E-state index >= 15 is 0 Å². The zero-order valence-corrected chi connectivity index (χ0v) is 57.5. The van der Waals surface area contributed by atoms with Gasteiger partial charge in [0.05, 0.1) is 21.2 Å². The Kier molecular flexibility index (Phi) is 18.6. The molecular weight excluding hydrogens is 1420 g/mol. The molecule has 9 aromatic rings. The van der Waals surface area contributed by atoms with E-state index in [4.69, 9.17) is 31.8 Å². The number of carbonyl (C=O) groups is 3. The number of methoxy groups -OCH3 is 1. The summed E-state index contributed by atoms with van der Waals surface area (Å²) in [6, 6.07) is 15.9. The van der Waals surface area contributed by atoms with Gasteiger partial charge in [0.15, 0.2) is 12.3 Å². The number of carbonyl (C=O) groups excluding carboxylic acids is 3. The van der Waals surface area contributed by atoms with Crippen LogP contribution < -0.4 is 43.1 Å². The molecule has 0 radical (unpaired) electrons. The van der Waals surface area contributed by atoms with E-state index in [1.54, 1.807) is 16.8 Å². The van der Waals surface area contributed by atoms with Crippen molar-refractivity contribution in [3.63, 3.8) is 0 Å². The van der Waals surface area contributed by atoms with E-state index in [1.165, 1.54) is 96.7 Å². The third-order valence-electron chi connectivity index (χ3n) is 19.9. The van der Waals surface area contributed by atoms with Crippen molar-refractivity contribution in [2.75, 3.05) is 30.1 Å². The van der Waals surface area contributed by atoms with Gasteiger partial charge >= 0.3 is 6.18 Å². The first kappa shape index (κ1) is 71.9. The molecule has 39 heteroatoms. The van der Waals surface area contributed by atoms with Crippen LogP contribution in [0.15, 0.2) is 118 Å². The Labute approximate surface area is 584 Å². The normalized spacial score (nSPS) is 20.2. The zero-order chi connectivity index (χ0) is 73.7. The van der Waals surface area contributed by atoms with Crippen molar-refractivity contribution in [3.05, 3.63) is 126 Å². The molecule has 546 valence electrons. The van der Waals surface area contributed by atoms with Crippen LogP contribution in [0.5, 0.6) is 0 Å². The molecule has 0 bridgehead atoms. The molecule has 6 aliphatic rings. The number of rotatable bonds is 11. The molecule has 3 aromatic carbocycles. The highest BCUT2D eigenvalue weighted by Crippen LogP contribution is 2.52. The quantitative estimate of drug-likeness (QED) is 0.0345. The van der Waals surface area contributed by atoms with Gasteiger partial charge < -0.3 is 39.3 Å². The van der Waals surface area contributed by atoms with Gasteiger partial charge in [-0.1, -0.05) is 57.8 Å². The summed E-state index contributed by atoms with van der Waals surface area (Å²) < 4.78 is 164. The first-order valence-electron chi connectivity index (χ1n) is 32.6. The Morgan fingerprint density at radius 2 is 0.883 bits per heavy atom. The number of aromatic nitrogens is 9. The van der Waals surface area contributed by atoms with Gasteiger partial charge in [-0.05, 0) is 123 Å². The summed E-state index contributed by atoms with van der Waals surface area (Å²) >= 11 is 0. The van der Waals surface area contributed by atoms with Crippen molar-refractivity contribution >= 4 is 116 Å². The number of hydrogen-bond donors (Lipinski definition) is 8. The SMILES string of the molecule is CN1C(=O)C2(CCCCC2)n2c(cc3cnc(Nc4ccc(S(N)(=O)=O)cc4)nc32)C1C(F)F.COC1c2cc3cnc(Nc4ccc(S(N)(=O)=O)c(F)c4)nc3n2C2(CCCCC2)C(=O)N1N.NN1C(=O)C2(CCCCC2)n2c(cc3cnc(Nc4ccc(S(N)(=O)=O)cc4)nc32)C1C(F)(F)F. The minimum absolute atomic E-state index is 0.0324. The number of sulfonamides is 3. The molecule has 13 N–H and O–H groups in total. The van der Waals surface area contributed by atoms with Crippen LogP contribution in [0.2, 0.25) is 0 Å². The summed E-state index contributed by atoms with van der Waals surface area (Å²) in [7, 11) is -8.94. The van der Waals surface area contributed by atoms with Crippen molar-refractivity contribution in [2.45, 2.75) is 159 Å². The lowest BCUT2D eigenvalue weighted by molar-refractivity contribution is -0.205. The number of nitrogens with zero attached hydrogens (tertiary/aromatic N) is 12. The second-order valence-electron chi connectivity index (χ2n) is 26.3. The zero-order valence-electron chi connectivity index (χ0n) is 55.1. The Hall–Kier alpha value is -9.48. The van der Waals surface area contributed by atoms with Crippen LogP contribution in [0.25, 0.3) is 33.1 Å². The molecule has 15 rings (SSSR count). The molecule has 3 fully saturated rings. The Morgan fingerprint density at radius 1 is 0.515 bits per heavy atom. The molecular formula is C64H70F6N20O10S3. The van der Waals surface area contributed by atoms with E-state index in [9.17, 15) is 66.0 Å². The second kappa shape index (κ2) is 26.7. The van der Waals surface area contributed by atoms with Gasteiger partial charge in [-0.2, -0.15) is 28.1 Å². The number of nitrogens with two attached hydrogens (primary N) is 5. The van der Waals surface area contributed by atoms with Crippen LogP contribution in [-0.2, 0) is 65.8 Å². The van der Waals surface area contributed by atoms with E-state index in [-0.39, 0.29) is 56.5 Å². The number of amides is 3. The Bertz CT molecular complexity index is 5200. The lowest BCUT2D eigenvalue weighted by Crippen LogP contribution is -2.62. The average molecular weight is 1490 g/mol. The summed E-state index contributed by atoms with van der Waals surface area (Å²) in [4.78, 5) is 67.2. The fraction of sp³-hybridized carbons (Fsp3) is 0.391. The number of likely N-dealkylation sites (N-methyl/N-ethyl adjacent to an activating group) is 1. The third kappa shape index (κ3) is 12.9. The predicted molar refractivity (Wildman–Crippen MR) is 361 cm³/mol. The van der Waals surface area contributed by atoms with Gasteiger partial charge in [0.2, 0.25) is 53.8 Å². The molecule has 9 heterocycles. The highest BCUT2D eigenvalue weighted by atomic mass is 32.2. The highest BCUT2D eigenvalue weighted by molar-refractivity contribution is 7.89. The molecule has 3 unspecified atom stereocenters. The molecule has 6 aromatic heterocycles. The van der Waals surface area contributed by atoms with Crippen molar-refractivity contribution in [2.24, 2.45) is 27.1 Å². The number of primary sulfonamides is 3. The van der Waals surface area contributed by atoms with Crippen LogP contribution in [0.4, 0.5) is 61.2 Å². The minimum atomic E-state index is -4.79. The lowest BCUT2D eigenvalue weighted by atomic mass is 9.78. The van der Waals surface area contributed by atoms with Crippen LogP contribution in [0, 0.1) is 5.82 Å². The molecule has 3 aliphatic heterocycles. The van der Waals surface area contributed by atoms with Gasteiger partial charge in [-0.15, -0.1) is 0 Å². The molecule has 3 atom stereocenters. The fourth-order valence-electron chi connectivity index (χ4n) is 15.3. The lowest BCUT2D eigenvalue weighted by Gasteiger charge is -2.47. The number of benzene rings is 3. The van der Waals surface area contributed by atoms with Gasteiger partial charge in [0.25, 0.3) is 18.2 Å². The molecule has 3 aliphatic carbocycles. The van der Waals surface area contributed by atoms with Crippen LogP contribution in [0.1, 0.15) is 132 Å². The maximum atomic E-state index is 14.3. The smallest absolute Gasteiger partial charge is 0.354 e. The largest absolute Gasteiger partial charge is 0.416 e. The second-order valence-corrected chi connectivity index (χ2v) is 30.9. The monoisotopic (exact) mass is 1490 g/mol. The van der Waals surface area contributed by atoms with Crippen LogP contribution in [0.3, 0.4) is 0 Å². The number of fused-ring (bicyclic) bond motifs is 12. The molecule has 3 saturated carbocycles. The summed E-state index contributed by atoms with van der Waals surface area (Å²) in [6.45, 7) is 0. The van der Waals surface area contributed by atoms with E-state index in [0.717, 1.165) is 62.1 Å². The number of alkyl halides is 5. The molecule has 103 heavy (non-hydrogen) atoms. The number of hydrogen-bond acceptors (Lipinski definition) is 21. The molecule has 0 saturated heterocycles. The van der Waals surface area contributed by atoms with Crippen LogP contribution in [-0.4, -0.2) is 128 Å². The van der Waals surface area contributed by atoms with E-state index in [0.29, 0.717) is 107 Å². The summed E-state index contributed by atoms with van der Waals surface area (Å²) in [5, 5.41) is 27.2. The molecule has 3 spiro atoms. The fourth-order valence-corrected chi connectivity index (χ4v) is 16.9. The topological polar surface area (TPSA) is 431 Å². The van der Waals surface area contributed by atoms with Gasteiger partial charge in [0, 0.05) is 71.7 Å². The summed E-state index contributed by atoms with van der Waals surface area (Å²) in [5.41, 5.74) is 0.174. The number of nitrogens with one attached hydrogen (secondary N) is 3. The number of anilines is 6. The standard InChI is InChI=1S/C22H24F2N6O3S.C21H22F3N7O3S.C21H24FN7O4S/c1-29-17(18(23)24)16-11-13-12-26-21(27-14-5-7-15(8-6-14)34(25,32)33)28-19(13)30(16)22(20(29)31)9-3-2-4-10-22;22-21(23,24)16-15-10-12-11-27-19(28-13-4-6-14(7-5-13)35(26,33)34)29-17(12)30(15)20(18(32)31(16)25)8-2-1-3-9-20;1-33-18-15-9-12-11-25-20(26-13-5-6-16(14(22)10-13)34(24,31)32)27-17(12)28(15)21(19(30)29(18)23)7-3-2-4-8-21/h5-8,11-12,17-18H,2-4,9-10H2,1H3,(H2,25,32,33)(H,26,27,28);4-7,10-11,16H,1-3,8-9,25H2,(H2,26,33,34)(H,27,28,29);5-6,9-11,18H,2-4,7-8,23H2,1H3,(H2,24,31,32)(H,25,26,27). The number of ether oxygens (including phenoxy) is 1. The average Bonchev–Trinajstić information content (AvgIpc) is 1.63. The minimum Gasteiger partial charge on any atom is -0.354 e. The van der Waals surface area contributed by atoms with Crippen molar-refractivity contribution in [3.8, 4) is 0 Å². The van der Waals surface area contributed by atoms with Crippen molar-refractivity contribution in [1.29, 1.82) is 0 Å². The third-order valence-corrected chi connectivity index (χ3v) is 22.7. The van der Waals surface area contributed by atoms with E-state index < -0.39 is 94.2 Å². The Morgan fingerprint density at radius 3 is 1.27 bits per heavy atom. The van der Waals surface area contributed by atoms with Crippen LogP contribution >= 0.6 is 0 Å².